The summed E-state index contributed by atoms with van der Waals surface area (Å²) in [6, 6.07) is 16.7. The standard InChI is InChI=1S/C16H17NO3S/c18-21(19,12-13-6-2-1-3-7-13)17-15-10-14-8-4-5-9-16(14)20-11-15/h1-9,15,17H,10-12H2/t15-/m1/s1. The van der Waals surface area contributed by atoms with Crippen LogP contribution in [0.2, 0.25) is 0 Å². The summed E-state index contributed by atoms with van der Waals surface area (Å²) in [7, 11) is -3.37. The third-order valence-electron chi connectivity index (χ3n) is 3.42. The topological polar surface area (TPSA) is 55.4 Å². The highest BCUT2D eigenvalue weighted by Crippen LogP contribution is 2.24. The zero-order chi connectivity index (χ0) is 14.7. The summed E-state index contributed by atoms with van der Waals surface area (Å²) in [6.07, 6.45) is 0.657. The Balaban J connectivity index is 1.67. The van der Waals surface area contributed by atoms with E-state index in [9.17, 15) is 8.42 Å². The summed E-state index contributed by atoms with van der Waals surface area (Å²) in [5.41, 5.74) is 1.82. The Labute approximate surface area is 124 Å². The van der Waals surface area contributed by atoms with Gasteiger partial charge in [-0.1, -0.05) is 48.5 Å². The van der Waals surface area contributed by atoms with Crippen molar-refractivity contribution in [1.29, 1.82) is 0 Å². The van der Waals surface area contributed by atoms with E-state index >= 15 is 0 Å². The first-order valence-corrected chi connectivity index (χ1v) is 8.52. The van der Waals surface area contributed by atoms with E-state index < -0.39 is 10.0 Å². The Hall–Kier alpha value is -1.85. The van der Waals surface area contributed by atoms with Crippen LogP contribution in [-0.4, -0.2) is 21.1 Å². The van der Waals surface area contributed by atoms with Crippen LogP contribution in [0.5, 0.6) is 5.75 Å². The van der Waals surface area contributed by atoms with Crippen molar-refractivity contribution in [3.8, 4) is 5.75 Å². The molecule has 21 heavy (non-hydrogen) atoms. The van der Waals surface area contributed by atoms with Gasteiger partial charge in [0, 0.05) is 0 Å². The number of hydrogen-bond donors (Lipinski definition) is 1. The van der Waals surface area contributed by atoms with Gasteiger partial charge in [0.05, 0.1) is 11.8 Å². The number of nitrogens with one attached hydrogen (secondary N) is 1. The Morgan fingerprint density at radius 1 is 1.05 bits per heavy atom. The van der Waals surface area contributed by atoms with Gasteiger partial charge in [-0.05, 0) is 23.6 Å². The van der Waals surface area contributed by atoms with E-state index in [1.165, 1.54) is 0 Å². The quantitative estimate of drug-likeness (QED) is 0.941. The Morgan fingerprint density at radius 3 is 2.57 bits per heavy atom. The molecule has 1 atom stereocenters. The first-order valence-electron chi connectivity index (χ1n) is 6.87. The molecule has 1 aliphatic rings. The van der Waals surface area contributed by atoms with Gasteiger partial charge in [0.25, 0.3) is 0 Å². The summed E-state index contributed by atoms with van der Waals surface area (Å²) in [6.45, 7) is 0.366. The number of sulfonamides is 1. The second-order valence-corrected chi connectivity index (χ2v) is 6.94. The number of rotatable bonds is 4. The Bertz CT molecular complexity index is 713. The van der Waals surface area contributed by atoms with Crippen molar-refractivity contribution in [2.75, 3.05) is 6.61 Å². The average Bonchev–Trinajstić information content (AvgIpc) is 2.47. The number of benzene rings is 2. The van der Waals surface area contributed by atoms with Crippen molar-refractivity contribution < 1.29 is 13.2 Å². The summed E-state index contributed by atoms with van der Waals surface area (Å²) in [5.74, 6) is 0.836. The zero-order valence-electron chi connectivity index (χ0n) is 11.5. The van der Waals surface area contributed by atoms with Crippen LogP contribution in [0.4, 0.5) is 0 Å². The second kappa shape index (κ2) is 5.87. The molecule has 0 spiro atoms. The van der Waals surface area contributed by atoms with E-state index in [4.69, 9.17) is 4.74 Å². The van der Waals surface area contributed by atoms with Gasteiger partial charge in [0.15, 0.2) is 0 Å². The maximum Gasteiger partial charge on any atom is 0.216 e. The molecule has 0 fully saturated rings. The Morgan fingerprint density at radius 2 is 1.76 bits per heavy atom. The lowest BCUT2D eigenvalue weighted by Crippen LogP contribution is -2.43. The first kappa shape index (κ1) is 14.1. The molecule has 1 N–H and O–H groups in total. The van der Waals surface area contributed by atoms with E-state index in [1.54, 1.807) is 0 Å². The van der Waals surface area contributed by atoms with Crippen LogP contribution in [0.15, 0.2) is 54.6 Å². The van der Waals surface area contributed by atoms with Crippen molar-refractivity contribution in [2.45, 2.75) is 18.2 Å². The van der Waals surface area contributed by atoms with Gasteiger partial charge in [-0.15, -0.1) is 0 Å². The number of fused-ring (bicyclic) bond motifs is 1. The molecule has 2 aromatic rings. The summed E-state index contributed by atoms with van der Waals surface area (Å²) < 4.78 is 32.8. The molecule has 5 heteroatoms. The largest absolute Gasteiger partial charge is 0.492 e. The van der Waals surface area contributed by atoms with Crippen LogP contribution in [0.1, 0.15) is 11.1 Å². The van der Waals surface area contributed by atoms with Gasteiger partial charge in [0.1, 0.15) is 12.4 Å². The lowest BCUT2D eigenvalue weighted by molar-refractivity contribution is 0.254. The van der Waals surface area contributed by atoms with Gasteiger partial charge in [-0.2, -0.15) is 0 Å². The normalized spacial score (nSPS) is 17.8. The molecule has 3 rings (SSSR count). The van der Waals surface area contributed by atoms with Gasteiger partial charge in [0.2, 0.25) is 10.0 Å². The molecule has 110 valence electrons. The van der Waals surface area contributed by atoms with Crippen LogP contribution in [0.3, 0.4) is 0 Å². The summed E-state index contributed by atoms with van der Waals surface area (Å²) in [5, 5.41) is 0. The number of ether oxygens (including phenoxy) is 1. The van der Waals surface area contributed by atoms with Crippen molar-refractivity contribution in [3.63, 3.8) is 0 Å². The lowest BCUT2D eigenvalue weighted by Gasteiger charge is -2.25. The smallest absolute Gasteiger partial charge is 0.216 e. The van der Waals surface area contributed by atoms with Crippen molar-refractivity contribution in [3.05, 3.63) is 65.7 Å². The van der Waals surface area contributed by atoms with Crippen molar-refractivity contribution in [2.24, 2.45) is 0 Å². The second-order valence-electron chi connectivity index (χ2n) is 5.18. The number of hydrogen-bond acceptors (Lipinski definition) is 3. The maximum atomic E-state index is 12.2. The fraction of sp³-hybridized carbons (Fsp3) is 0.250. The molecule has 0 aliphatic carbocycles. The molecule has 0 saturated carbocycles. The predicted molar refractivity (Wildman–Crippen MR) is 81.6 cm³/mol. The molecule has 1 heterocycles. The summed E-state index contributed by atoms with van der Waals surface area (Å²) in [4.78, 5) is 0. The molecule has 0 aromatic heterocycles. The molecule has 0 saturated heterocycles. The minimum Gasteiger partial charge on any atom is -0.492 e. The van der Waals surface area contributed by atoms with Crippen LogP contribution >= 0.6 is 0 Å². The van der Waals surface area contributed by atoms with Crippen LogP contribution in [-0.2, 0) is 22.2 Å². The molecule has 0 unspecified atom stereocenters. The minimum absolute atomic E-state index is 0.00795. The molecule has 0 amide bonds. The molecular formula is C16H17NO3S. The van der Waals surface area contributed by atoms with Crippen LogP contribution < -0.4 is 9.46 Å². The zero-order valence-corrected chi connectivity index (χ0v) is 12.3. The van der Waals surface area contributed by atoms with Gasteiger partial charge < -0.3 is 4.74 Å². The van der Waals surface area contributed by atoms with Crippen molar-refractivity contribution >= 4 is 10.0 Å². The predicted octanol–water partition coefficient (Wildman–Crippen LogP) is 2.11. The average molecular weight is 303 g/mol. The fourth-order valence-electron chi connectivity index (χ4n) is 2.49. The monoisotopic (exact) mass is 303 g/mol. The van der Waals surface area contributed by atoms with Gasteiger partial charge >= 0.3 is 0 Å². The van der Waals surface area contributed by atoms with Gasteiger partial charge in [-0.25, -0.2) is 13.1 Å². The number of para-hydroxylation sites is 1. The molecule has 0 bridgehead atoms. The third-order valence-corrected chi connectivity index (χ3v) is 4.83. The van der Waals surface area contributed by atoms with E-state index in [1.807, 2.05) is 54.6 Å². The van der Waals surface area contributed by atoms with Crippen LogP contribution in [0, 0.1) is 0 Å². The molecule has 2 aromatic carbocycles. The summed E-state index contributed by atoms with van der Waals surface area (Å²) >= 11 is 0. The highest BCUT2D eigenvalue weighted by Gasteiger charge is 2.24. The van der Waals surface area contributed by atoms with Crippen LogP contribution in [0.25, 0.3) is 0 Å². The molecule has 0 radical (unpaired) electrons. The highest BCUT2D eigenvalue weighted by atomic mass is 32.2. The maximum absolute atomic E-state index is 12.2. The van der Waals surface area contributed by atoms with E-state index in [0.29, 0.717) is 13.0 Å². The molecular weight excluding hydrogens is 286 g/mol. The van der Waals surface area contributed by atoms with Crippen molar-refractivity contribution in [1.82, 2.24) is 4.72 Å². The van der Waals surface area contributed by atoms with E-state index in [0.717, 1.165) is 16.9 Å². The third kappa shape index (κ3) is 3.62. The van der Waals surface area contributed by atoms with Gasteiger partial charge in [-0.3, -0.25) is 0 Å². The van der Waals surface area contributed by atoms with E-state index in [-0.39, 0.29) is 11.8 Å². The first-order chi connectivity index (χ1) is 10.1. The lowest BCUT2D eigenvalue weighted by atomic mass is 10.0. The Kier molecular flexibility index (Phi) is 3.94. The van der Waals surface area contributed by atoms with E-state index in [2.05, 4.69) is 4.72 Å². The molecule has 1 aliphatic heterocycles. The SMILES string of the molecule is O=S(=O)(Cc1ccccc1)N[C@H]1COc2ccccc2C1. The minimum atomic E-state index is -3.37. The highest BCUT2D eigenvalue weighted by molar-refractivity contribution is 7.88. The fourth-order valence-corrected chi connectivity index (χ4v) is 3.87. The molecule has 4 nitrogen and oxygen atoms in total.